The first-order valence-electron chi connectivity index (χ1n) is 8.13. The van der Waals surface area contributed by atoms with Crippen LogP contribution < -0.4 is 4.74 Å². The van der Waals surface area contributed by atoms with Crippen molar-refractivity contribution in [3.8, 4) is 5.75 Å². The van der Waals surface area contributed by atoms with E-state index in [1.54, 1.807) is 24.3 Å². The van der Waals surface area contributed by atoms with Gasteiger partial charge < -0.3 is 38.7 Å². The van der Waals surface area contributed by atoms with E-state index in [4.69, 9.17) is 33.6 Å². The largest absolute Gasteiger partial charge is 0.491 e. The Hall–Kier alpha value is -1.13. The molecule has 160 valence electrons. The summed E-state index contributed by atoms with van der Waals surface area (Å²) in [5.74, 6) is 0.558. The van der Waals surface area contributed by atoms with Crippen LogP contribution in [-0.4, -0.2) is 77.4 Å². The predicted octanol–water partition coefficient (Wildman–Crippen LogP) is 0.218. The number of rotatable bonds is 15. The summed E-state index contributed by atoms with van der Waals surface area (Å²) in [5, 5.41) is 6.46. The fraction of sp³-hybridized carbons (Fsp3) is 0.533. The summed E-state index contributed by atoms with van der Waals surface area (Å²) >= 11 is 0. The van der Waals surface area contributed by atoms with Crippen LogP contribution in [0, 0.1) is 0 Å². The monoisotopic (exact) mass is 442 g/mol. The Bertz CT molecular complexity index is 678. The van der Waals surface area contributed by atoms with Crippen LogP contribution in [0.1, 0.15) is 10.4 Å². The van der Waals surface area contributed by atoms with Crippen molar-refractivity contribution < 1.29 is 52.7 Å². The number of carbonyl (C=O) groups is 1. The Labute approximate surface area is 162 Å². The highest BCUT2D eigenvalue weighted by Gasteiger charge is 2.50. The van der Waals surface area contributed by atoms with Gasteiger partial charge in [-0.25, -0.2) is 0 Å². The second-order valence-electron chi connectivity index (χ2n) is 5.48. The summed E-state index contributed by atoms with van der Waals surface area (Å²) in [6, 6.07) is 6.69. The molecule has 0 aliphatic rings. The maximum Gasteiger partial charge on any atom is 0.369 e. The highest BCUT2D eigenvalue weighted by atomic mass is 31.2. The molecule has 28 heavy (non-hydrogen) atoms. The molecule has 0 bridgehead atoms. The van der Waals surface area contributed by atoms with Gasteiger partial charge in [0, 0.05) is 5.56 Å². The van der Waals surface area contributed by atoms with Gasteiger partial charge in [0.05, 0.1) is 39.6 Å². The van der Waals surface area contributed by atoms with E-state index in [0.29, 0.717) is 17.9 Å². The number of carbonyl (C=O) groups excluding carboxylic acids is 1. The van der Waals surface area contributed by atoms with Crippen molar-refractivity contribution in [2.75, 3.05) is 46.2 Å². The van der Waals surface area contributed by atoms with E-state index in [9.17, 15) is 19.0 Å². The van der Waals surface area contributed by atoms with E-state index in [1.807, 2.05) is 0 Å². The number of aldehydes is 1. The smallest absolute Gasteiger partial charge is 0.369 e. The van der Waals surface area contributed by atoms with Crippen molar-refractivity contribution in [1.29, 1.82) is 0 Å². The van der Waals surface area contributed by atoms with Gasteiger partial charge in [0.15, 0.2) is 0 Å². The van der Waals surface area contributed by atoms with Gasteiger partial charge >= 0.3 is 7.60 Å². The van der Waals surface area contributed by atoms with Crippen molar-refractivity contribution in [3.05, 3.63) is 29.8 Å². The van der Waals surface area contributed by atoms with E-state index in [0.717, 1.165) is 6.29 Å². The Kier molecular flexibility index (Phi) is 11.1. The first-order chi connectivity index (χ1) is 13.2. The average molecular weight is 442 g/mol. The molecule has 0 fully saturated rings. The van der Waals surface area contributed by atoms with Gasteiger partial charge in [-0.3, -0.25) is 13.9 Å². The molecule has 4 N–H and O–H groups in total. The Balaban J connectivity index is 2.05. The molecule has 0 aromatic heterocycles. The molecule has 1 aromatic carbocycles. The number of hydrogen-bond donors (Lipinski definition) is 4. The highest BCUT2D eigenvalue weighted by Crippen LogP contribution is 2.59. The molecule has 11 nitrogen and oxygen atoms in total. The summed E-state index contributed by atoms with van der Waals surface area (Å²) in [4.78, 5) is 37.4. The summed E-state index contributed by atoms with van der Waals surface area (Å²) in [7, 11) is -9.16. The number of aliphatic hydroxyl groups is 1. The summed E-state index contributed by atoms with van der Waals surface area (Å²) in [6.07, 6.45) is 0.724. The fourth-order valence-electron chi connectivity index (χ4n) is 1.82. The molecular formula is C15H24O11P2. The lowest BCUT2D eigenvalue weighted by Gasteiger charge is -2.25. The molecule has 0 spiro atoms. The van der Waals surface area contributed by atoms with Crippen molar-refractivity contribution >= 4 is 21.9 Å². The van der Waals surface area contributed by atoms with Crippen LogP contribution in [-0.2, 0) is 23.3 Å². The second kappa shape index (κ2) is 12.4. The van der Waals surface area contributed by atoms with Gasteiger partial charge in [-0.15, -0.1) is 0 Å². The lowest BCUT2D eigenvalue weighted by Crippen LogP contribution is -2.31. The van der Waals surface area contributed by atoms with Gasteiger partial charge in [-0.05, 0) is 12.1 Å². The predicted molar refractivity (Wildman–Crippen MR) is 98.0 cm³/mol. The molecule has 13 heteroatoms. The van der Waals surface area contributed by atoms with Crippen LogP contribution in [0.4, 0.5) is 0 Å². The molecule has 2 unspecified atom stereocenters. The van der Waals surface area contributed by atoms with Crippen molar-refractivity contribution in [2.45, 2.75) is 5.08 Å². The topological polar surface area (TPSA) is 169 Å². The SMILES string of the molecule is O=Cc1cccc(OCCOCCOCCOCC(O)([PH](=O)O)P(=O)(O)O)c1. The van der Waals surface area contributed by atoms with Crippen LogP contribution in [0.2, 0.25) is 0 Å². The van der Waals surface area contributed by atoms with Crippen molar-refractivity contribution in [1.82, 2.24) is 0 Å². The minimum absolute atomic E-state index is 0.0297. The third-order valence-electron chi connectivity index (χ3n) is 3.36. The van der Waals surface area contributed by atoms with Gasteiger partial charge in [0.1, 0.15) is 18.6 Å². The molecule has 2 atom stereocenters. The molecule has 0 amide bonds. The second-order valence-corrected chi connectivity index (χ2v) is 9.17. The third kappa shape index (κ3) is 8.48. The average Bonchev–Trinajstić information content (AvgIpc) is 2.64. The minimum atomic E-state index is -5.22. The Morgan fingerprint density at radius 1 is 1.04 bits per heavy atom. The van der Waals surface area contributed by atoms with Gasteiger partial charge in [-0.1, -0.05) is 12.1 Å². The highest BCUT2D eigenvalue weighted by molar-refractivity contribution is 7.66. The third-order valence-corrected chi connectivity index (χ3v) is 6.73. The van der Waals surface area contributed by atoms with Crippen molar-refractivity contribution in [2.24, 2.45) is 0 Å². The lowest BCUT2D eigenvalue weighted by atomic mass is 10.2. The quantitative estimate of drug-likeness (QED) is 0.166. The molecule has 0 saturated carbocycles. The van der Waals surface area contributed by atoms with Gasteiger partial charge in [0.25, 0.3) is 5.08 Å². The maximum absolute atomic E-state index is 11.1. The van der Waals surface area contributed by atoms with Crippen molar-refractivity contribution in [3.63, 3.8) is 0 Å². The maximum atomic E-state index is 11.1. The summed E-state index contributed by atoms with van der Waals surface area (Å²) < 4.78 is 42.7. The van der Waals surface area contributed by atoms with Crippen LogP contribution in [0.15, 0.2) is 24.3 Å². The zero-order valence-electron chi connectivity index (χ0n) is 14.9. The molecule has 0 radical (unpaired) electrons. The van der Waals surface area contributed by atoms with E-state index < -0.39 is 27.3 Å². The van der Waals surface area contributed by atoms with E-state index in [2.05, 4.69) is 0 Å². The van der Waals surface area contributed by atoms with Crippen LogP contribution in [0.25, 0.3) is 0 Å². The summed E-state index contributed by atoms with van der Waals surface area (Å²) in [5.41, 5.74) is 0.514. The zero-order chi connectivity index (χ0) is 21.0. The molecule has 0 saturated heterocycles. The summed E-state index contributed by atoms with van der Waals surface area (Å²) in [6.45, 7) is -0.0560. The molecule has 0 heterocycles. The Morgan fingerprint density at radius 3 is 2.14 bits per heavy atom. The van der Waals surface area contributed by atoms with E-state index in [-0.39, 0.29) is 33.0 Å². The zero-order valence-corrected chi connectivity index (χ0v) is 16.8. The Morgan fingerprint density at radius 2 is 1.61 bits per heavy atom. The van der Waals surface area contributed by atoms with Crippen LogP contribution >= 0.6 is 15.6 Å². The first-order valence-corrected chi connectivity index (χ1v) is 11.1. The van der Waals surface area contributed by atoms with Gasteiger partial charge in [0.2, 0.25) is 8.03 Å². The normalized spacial score (nSPS) is 15.0. The molecule has 0 aliphatic carbocycles. The molecular weight excluding hydrogens is 418 g/mol. The van der Waals surface area contributed by atoms with Crippen LogP contribution in [0.5, 0.6) is 5.75 Å². The number of ether oxygens (including phenoxy) is 4. The molecule has 0 aliphatic heterocycles. The van der Waals surface area contributed by atoms with E-state index >= 15 is 0 Å². The number of benzene rings is 1. The van der Waals surface area contributed by atoms with E-state index in [1.165, 1.54) is 0 Å². The number of hydrogen-bond acceptors (Lipinski definition) is 8. The lowest BCUT2D eigenvalue weighted by molar-refractivity contribution is -0.0117. The minimum Gasteiger partial charge on any atom is -0.491 e. The standard InChI is InChI=1S/C15H24O11P2/c16-11-13-2-1-3-14(10-13)26-9-8-24-5-4-23-6-7-25-12-15(17,27(18)19)28(20,21)22/h1-3,10-11,17,27H,4-9,12H2,(H,18,19)(H2,20,21,22). The fourth-order valence-corrected chi connectivity index (χ4v) is 3.30. The van der Waals surface area contributed by atoms with Crippen LogP contribution in [0.3, 0.4) is 0 Å². The van der Waals surface area contributed by atoms with Gasteiger partial charge in [-0.2, -0.15) is 0 Å². The first kappa shape index (κ1) is 24.9. The molecule has 1 aromatic rings. The molecule has 1 rings (SSSR count).